The summed E-state index contributed by atoms with van der Waals surface area (Å²) in [6.07, 6.45) is 1.72. The molecular weight excluding hydrogens is 323 g/mol. The first-order chi connectivity index (χ1) is 12.1. The Labute approximate surface area is 142 Å². The largest absolute Gasteiger partial charge is 0.438 e. The summed E-state index contributed by atoms with van der Waals surface area (Å²) in [5.74, 6) is -1.16. The molecule has 25 heavy (non-hydrogen) atoms. The van der Waals surface area contributed by atoms with Crippen molar-refractivity contribution in [1.82, 2.24) is 4.98 Å². The predicted octanol–water partition coefficient (Wildman–Crippen LogP) is 3.59. The van der Waals surface area contributed by atoms with Crippen molar-refractivity contribution in [3.63, 3.8) is 0 Å². The highest BCUT2D eigenvalue weighted by Crippen LogP contribution is 2.28. The lowest BCUT2D eigenvalue weighted by molar-refractivity contribution is 0.0996. The molecule has 0 unspecified atom stereocenters. The fourth-order valence-corrected chi connectivity index (χ4v) is 2.29. The van der Waals surface area contributed by atoms with E-state index in [-0.39, 0.29) is 11.4 Å². The average Bonchev–Trinajstić information content (AvgIpc) is 2.63. The second-order valence-corrected chi connectivity index (χ2v) is 5.24. The van der Waals surface area contributed by atoms with E-state index in [9.17, 15) is 14.0 Å². The second-order valence-electron chi connectivity index (χ2n) is 5.24. The summed E-state index contributed by atoms with van der Waals surface area (Å²) in [4.78, 5) is 25.9. The van der Waals surface area contributed by atoms with E-state index in [2.05, 4.69) is 4.98 Å². The Morgan fingerprint density at radius 1 is 1.08 bits per heavy atom. The first kappa shape index (κ1) is 16.3. The van der Waals surface area contributed by atoms with Crippen molar-refractivity contribution in [3.8, 4) is 22.8 Å². The van der Waals surface area contributed by atoms with Gasteiger partial charge < -0.3 is 10.5 Å². The van der Waals surface area contributed by atoms with Crippen molar-refractivity contribution in [2.75, 3.05) is 0 Å². The van der Waals surface area contributed by atoms with Crippen LogP contribution in [0.25, 0.3) is 11.1 Å². The third kappa shape index (κ3) is 3.69. The molecule has 0 saturated carbocycles. The molecule has 5 nitrogen and oxygen atoms in total. The van der Waals surface area contributed by atoms with Gasteiger partial charge >= 0.3 is 0 Å². The number of pyridine rings is 1. The third-order valence-electron chi connectivity index (χ3n) is 3.51. The predicted molar refractivity (Wildman–Crippen MR) is 90.1 cm³/mol. The Kier molecular flexibility index (Phi) is 4.52. The van der Waals surface area contributed by atoms with Crippen LogP contribution < -0.4 is 10.5 Å². The first-order valence-electron chi connectivity index (χ1n) is 7.35. The van der Waals surface area contributed by atoms with Crippen LogP contribution in [0, 0.1) is 5.82 Å². The molecule has 124 valence electrons. The first-order valence-corrected chi connectivity index (χ1v) is 7.35. The fraction of sp³-hybridized carbons (Fsp3) is 0. The number of primary amides is 1. The number of amides is 1. The topological polar surface area (TPSA) is 82.3 Å². The number of nitrogens with zero attached hydrogens (tertiary/aromatic N) is 1. The van der Waals surface area contributed by atoms with Gasteiger partial charge in [-0.2, -0.15) is 0 Å². The number of benzene rings is 2. The number of carbonyl (C=O) groups excluding carboxylic acids is 2. The number of nitrogens with two attached hydrogens (primary N) is 1. The SMILES string of the molecule is NC(=O)c1cc(F)cnc1Oc1cccc(-c2ccc(C=O)cc2)c1. The van der Waals surface area contributed by atoms with Crippen molar-refractivity contribution in [2.45, 2.75) is 0 Å². The van der Waals surface area contributed by atoms with Crippen molar-refractivity contribution < 1.29 is 18.7 Å². The molecule has 1 amide bonds. The summed E-state index contributed by atoms with van der Waals surface area (Å²) in [6, 6.07) is 15.1. The smallest absolute Gasteiger partial charge is 0.254 e. The Balaban J connectivity index is 1.92. The highest BCUT2D eigenvalue weighted by molar-refractivity contribution is 5.95. The molecule has 2 aromatic carbocycles. The van der Waals surface area contributed by atoms with E-state index in [1.165, 1.54) is 0 Å². The van der Waals surface area contributed by atoms with Crippen LogP contribution in [0.15, 0.2) is 60.8 Å². The number of hydrogen-bond acceptors (Lipinski definition) is 4. The summed E-state index contributed by atoms with van der Waals surface area (Å²) >= 11 is 0. The van der Waals surface area contributed by atoms with Gasteiger partial charge in [0.25, 0.3) is 5.91 Å². The van der Waals surface area contributed by atoms with E-state index in [4.69, 9.17) is 10.5 Å². The zero-order valence-electron chi connectivity index (χ0n) is 13.0. The molecule has 0 fully saturated rings. The molecule has 2 N–H and O–H groups in total. The lowest BCUT2D eigenvalue weighted by atomic mass is 10.0. The van der Waals surface area contributed by atoms with E-state index >= 15 is 0 Å². The number of halogens is 1. The molecule has 3 aromatic rings. The van der Waals surface area contributed by atoms with E-state index in [0.717, 1.165) is 29.7 Å². The quantitative estimate of drug-likeness (QED) is 0.722. The van der Waals surface area contributed by atoms with Crippen molar-refractivity contribution in [1.29, 1.82) is 0 Å². The molecule has 0 aliphatic rings. The minimum Gasteiger partial charge on any atom is -0.438 e. The van der Waals surface area contributed by atoms with Crippen LogP contribution in [-0.4, -0.2) is 17.2 Å². The summed E-state index contributed by atoms with van der Waals surface area (Å²) in [7, 11) is 0. The minimum absolute atomic E-state index is 0.0673. The van der Waals surface area contributed by atoms with E-state index in [1.54, 1.807) is 30.3 Å². The molecule has 3 rings (SSSR count). The minimum atomic E-state index is -0.831. The van der Waals surface area contributed by atoms with Crippen molar-refractivity contribution in [2.24, 2.45) is 5.73 Å². The van der Waals surface area contributed by atoms with Crippen LogP contribution in [0.1, 0.15) is 20.7 Å². The van der Waals surface area contributed by atoms with Crippen LogP contribution in [0.3, 0.4) is 0 Å². The maximum Gasteiger partial charge on any atom is 0.254 e. The third-order valence-corrected chi connectivity index (χ3v) is 3.51. The van der Waals surface area contributed by atoms with Gasteiger partial charge in [0.05, 0.1) is 6.20 Å². The maximum absolute atomic E-state index is 13.2. The van der Waals surface area contributed by atoms with Gasteiger partial charge in [0.1, 0.15) is 23.4 Å². The Hall–Kier alpha value is -3.54. The zero-order chi connectivity index (χ0) is 17.8. The summed E-state index contributed by atoms with van der Waals surface area (Å²) < 4.78 is 18.8. The Morgan fingerprint density at radius 2 is 1.84 bits per heavy atom. The van der Waals surface area contributed by atoms with Crippen LogP contribution >= 0.6 is 0 Å². The lowest BCUT2D eigenvalue weighted by Gasteiger charge is -2.09. The summed E-state index contributed by atoms with van der Waals surface area (Å²) in [5, 5.41) is 0. The molecule has 0 saturated heterocycles. The average molecular weight is 336 g/mol. The van der Waals surface area contributed by atoms with Gasteiger partial charge in [-0.05, 0) is 29.3 Å². The number of carbonyl (C=O) groups is 2. The maximum atomic E-state index is 13.2. The molecule has 0 atom stereocenters. The van der Waals surface area contributed by atoms with Crippen LogP contribution in [-0.2, 0) is 0 Å². The number of aromatic nitrogens is 1. The second kappa shape index (κ2) is 6.92. The molecule has 0 aliphatic heterocycles. The number of aldehydes is 1. The number of rotatable bonds is 5. The normalized spacial score (nSPS) is 10.3. The Morgan fingerprint density at radius 3 is 2.52 bits per heavy atom. The van der Waals surface area contributed by atoms with Gasteiger partial charge in [-0.15, -0.1) is 0 Å². The van der Waals surface area contributed by atoms with Crippen LogP contribution in [0.2, 0.25) is 0 Å². The van der Waals surface area contributed by atoms with Gasteiger partial charge in [0.2, 0.25) is 5.88 Å². The van der Waals surface area contributed by atoms with Gasteiger partial charge in [-0.3, -0.25) is 9.59 Å². The molecule has 6 heteroatoms. The van der Waals surface area contributed by atoms with Crippen LogP contribution in [0.5, 0.6) is 11.6 Å². The van der Waals surface area contributed by atoms with E-state index in [0.29, 0.717) is 11.3 Å². The monoisotopic (exact) mass is 336 g/mol. The number of ether oxygens (including phenoxy) is 1. The lowest BCUT2D eigenvalue weighted by Crippen LogP contribution is -2.13. The summed E-state index contributed by atoms with van der Waals surface area (Å²) in [5.41, 5.74) is 7.41. The molecule has 1 heterocycles. The van der Waals surface area contributed by atoms with Crippen LogP contribution in [0.4, 0.5) is 4.39 Å². The van der Waals surface area contributed by atoms with E-state index in [1.807, 2.05) is 18.2 Å². The summed E-state index contributed by atoms with van der Waals surface area (Å²) in [6.45, 7) is 0. The van der Waals surface area contributed by atoms with E-state index < -0.39 is 11.7 Å². The molecule has 0 spiro atoms. The van der Waals surface area contributed by atoms with Gasteiger partial charge in [0, 0.05) is 5.56 Å². The van der Waals surface area contributed by atoms with Gasteiger partial charge in [0.15, 0.2) is 0 Å². The highest BCUT2D eigenvalue weighted by Gasteiger charge is 2.13. The molecule has 0 bridgehead atoms. The Bertz CT molecular complexity index is 940. The molecule has 0 radical (unpaired) electrons. The van der Waals surface area contributed by atoms with Crippen molar-refractivity contribution in [3.05, 3.63) is 77.7 Å². The van der Waals surface area contributed by atoms with Gasteiger partial charge in [-0.1, -0.05) is 36.4 Å². The molecule has 0 aliphatic carbocycles. The van der Waals surface area contributed by atoms with Crippen molar-refractivity contribution >= 4 is 12.2 Å². The standard InChI is InChI=1S/C19H13FN2O3/c20-15-9-17(18(21)24)19(22-10-15)25-16-3-1-2-14(8-16)13-6-4-12(11-23)5-7-13/h1-11H,(H2,21,24). The molecular formula is C19H13FN2O3. The molecule has 1 aromatic heterocycles. The zero-order valence-corrected chi connectivity index (χ0v) is 13.0. The van der Waals surface area contributed by atoms with Gasteiger partial charge in [-0.25, -0.2) is 9.37 Å². The highest BCUT2D eigenvalue weighted by atomic mass is 19.1. The fourth-order valence-electron chi connectivity index (χ4n) is 2.29. The number of hydrogen-bond donors (Lipinski definition) is 1.